The first-order chi connectivity index (χ1) is 9.11. The third-order valence-electron chi connectivity index (χ3n) is 2.79. The van der Waals surface area contributed by atoms with E-state index in [1.807, 2.05) is 13.8 Å². The highest BCUT2D eigenvalue weighted by atomic mass is 35.7. The first kappa shape index (κ1) is 16.9. The van der Waals surface area contributed by atoms with Crippen LogP contribution in [0.1, 0.15) is 30.6 Å². The van der Waals surface area contributed by atoms with Crippen LogP contribution in [0, 0.1) is 11.7 Å². The van der Waals surface area contributed by atoms with Gasteiger partial charge in [0.1, 0.15) is 5.82 Å². The Labute approximate surface area is 123 Å². The molecule has 0 aliphatic carbocycles. The number of benzene rings is 1. The van der Waals surface area contributed by atoms with E-state index in [-0.39, 0.29) is 5.56 Å². The zero-order valence-electron chi connectivity index (χ0n) is 11.6. The molecule has 0 atom stereocenters. The standard InChI is InChI=1S/C13H17ClFNO3S/c1-9(2)4-5-16(3)13(17)10-6-11(15)8-12(7-10)20(14,18)19/h6-9H,4-5H2,1-3H3. The van der Waals surface area contributed by atoms with E-state index in [4.69, 9.17) is 10.7 Å². The topological polar surface area (TPSA) is 54.5 Å². The maximum absolute atomic E-state index is 13.4. The minimum atomic E-state index is -4.07. The second-order valence-corrected chi connectivity index (χ2v) is 7.59. The molecule has 0 aromatic heterocycles. The summed E-state index contributed by atoms with van der Waals surface area (Å²) in [6, 6.07) is 2.87. The monoisotopic (exact) mass is 321 g/mol. The fourth-order valence-electron chi connectivity index (χ4n) is 1.60. The summed E-state index contributed by atoms with van der Waals surface area (Å²) in [6.07, 6.45) is 0.804. The number of carbonyl (C=O) groups excluding carboxylic acids is 1. The second-order valence-electron chi connectivity index (χ2n) is 5.02. The third kappa shape index (κ3) is 4.76. The molecular formula is C13H17ClFNO3S. The van der Waals surface area contributed by atoms with Crippen molar-refractivity contribution in [2.75, 3.05) is 13.6 Å². The van der Waals surface area contributed by atoms with Crippen LogP contribution in [0.15, 0.2) is 23.1 Å². The molecule has 0 saturated carbocycles. The normalized spacial score (nSPS) is 11.7. The van der Waals surface area contributed by atoms with Crippen LogP contribution in [0.4, 0.5) is 4.39 Å². The number of carbonyl (C=O) groups is 1. The molecule has 0 aliphatic heterocycles. The fourth-order valence-corrected chi connectivity index (χ4v) is 2.39. The maximum atomic E-state index is 13.4. The summed E-state index contributed by atoms with van der Waals surface area (Å²) in [5.74, 6) is -0.824. The number of nitrogens with zero attached hydrogens (tertiary/aromatic N) is 1. The lowest BCUT2D eigenvalue weighted by Crippen LogP contribution is -2.28. The van der Waals surface area contributed by atoms with Crippen LogP contribution >= 0.6 is 10.7 Å². The molecule has 112 valence electrons. The van der Waals surface area contributed by atoms with Gasteiger partial charge in [0.05, 0.1) is 4.90 Å². The van der Waals surface area contributed by atoms with Crippen molar-refractivity contribution >= 4 is 25.6 Å². The summed E-state index contributed by atoms with van der Waals surface area (Å²) in [4.78, 5) is 13.1. The van der Waals surface area contributed by atoms with Gasteiger partial charge in [-0.1, -0.05) is 13.8 Å². The minimum Gasteiger partial charge on any atom is -0.342 e. The van der Waals surface area contributed by atoms with Crippen molar-refractivity contribution in [3.05, 3.63) is 29.6 Å². The zero-order chi connectivity index (χ0) is 15.5. The van der Waals surface area contributed by atoms with Crippen LogP contribution in [0.3, 0.4) is 0 Å². The summed E-state index contributed by atoms with van der Waals surface area (Å²) < 4.78 is 35.8. The predicted octanol–water partition coefficient (Wildman–Crippen LogP) is 2.87. The molecule has 7 heteroatoms. The van der Waals surface area contributed by atoms with Gasteiger partial charge >= 0.3 is 0 Å². The third-order valence-corrected chi connectivity index (χ3v) is 4.12. The van der Waals surface area contributed by atoms with Crippen molar-refractivity contribution < 1.29 is 17.6 Å². The van der Waals surface area contributed by atoms with E-state index in [1.165, 1.54) is 4.90 Å². The summed E-state index contributed by atoms with van der Waals surface area (Å²) >= 11 is 0. The zero-order valence-corrected chi connectivity index (χ0v) is 13.1. The molecule has 1 aromatic rings. The average molecular weight is 322 g/mol. The molecule has 0 aliphatic rings. The summed E-state index contributed by atoms with van der Waals surface area (Å²) in [6.45, 7) is 4.56. The molecule has 0 bridgehead atoms. The molecule has 0 spiro atoms. The molecule has 0 N–H and O–H groups in total. The van der Waals surface area contributed by atoms with Gasteiger partial charge in [-0.25, -0.2) is 12.8 Å². The smallest absolute Gasteiger partial charge is 0.261 e. The van der Waals surface area contributed by atoms with E-state index in [2.05, 4.69) is 0 Å². The van der Waals surface area contributed by atoms with Gasteiger partial charge in [0.15, 0.2) is 0 Å². The van der Waals surface area contributed by atoms with Gasteiger partial charge in [-0.15, -0.1) is 0 Å². The Morgan fingerprint density at radius 2 is 1.95 bits per heavy atom. The molecule has 0 saturated heterocycles. The van der Waals surface area contributed by atoms with Crippen LogP contribution in [0.5, 0.6) is 0 Å². The highest BCUT2D eigenvalue weighted by Crippen LogP contribution is 2.19. The van der Waals surface area contributed by atoms with E-state index in [9.17, 15) is 17.6 Å². The van der Waals surface area contributed by atoms with Gasteiger partial charge in [0, 0.05) is 29.8 Å². The van der Waals surface area contributed by atoms with Crippen LogP contribution < -0.4 is 0 Å². The van der Waals surface area contributed by atoms with Crippen molar-refractivity contribution in [3.8, 4) is 0 Å². The number of amides is 1. The number of rotatable bonds is 5. The van der Waals surface area contributed by atoms with Crippen molar-refractivity contribution in [3.63, 3.8) is 0 Å². The first-order valence-electron chi connectivity index (χ1n) is 6.12. The Balaban J connectivity index is 3.02. The number of hydrogen-bond acceptors (Lipinski definition) is 3. The van der Waals surface area contributed by atoms with Gasteiger partial charge in [0.2, 0.25) is 0 Å². The largest absolute Gasteiger partial charge is 0.342 e. The average Bonchev–Trinajstić information content (AvgIpc) is 2.33. The Morgan fingerprint density at radius 1 is 1.35 bits per heavy atom. The summed E-state index contributed by atoms with van der Waals surface area (Å²) in [7, 11) is 2.69. The van der Waals surface area contributed by atoms with Crippen LogP contribution in [0.2, 0.25) is 0 Å². The molecule has 0 unspecified atom stereocenters. The van der Waals surface area contributed by atoms with Crippen molar-refractivity contribution in [1.82, 2.24) is 4.90 Å². The Bertz CT molecular complexity index is 602. The lowest BCUT2D eigenvalue weighted by Gasteiger charge is -2.18. The minimum absolute atomic E-state index is 0.0320. The molecule has 20 heavy (non-hydrogen) atoms. The second kappa shape index (κ2) is 6.54. The number of halogens is 2. The highest BCUT2D eigenvalue weighted by Gasteiger charge is 2.18. The van der Waals surface area contributed by atoms with Crippen LogP contribution in [0.25, 0.3) is 0 Å². The quantitative estimate of drug-likeness (QED) is 0.784. The Kier molecular flexibility index (Phi) is 5.53. The van der Waals surface area contributed by atoms with Gasteiger partial charge in [-0.3, -0.25) is 4.79 Å². The van der Waals surface area contributed by atoms with E-state index in [0.717, 1.165) is 24.6 Å². The van der Waals surface area contributed by atoms with Crippen molar-refractivity contribution in [2.24, 2.45) is 5.92 Å². The lowest BCUT2D eigenvalue weighted by atomic mass is 10.1. The number of hydrogen-bond donors (Lipinski definition) is 0. The Hall–Kier alpha value is -1.14. The predicted molar refractivity (Wildman–Crippen MR) is 75.9 cm³/mol. The molecule has 0 radical (unpaired) electrons. The molecule has 0 heterocycles. The van der Waals surface area contributed by atoms with E-state index in [1.54, 1.807) is 7.05 Å². The lowest BCUT2D eigenvalue weighted by molar-refractivity contribution is 0.0788. The van der Waals surface area contributed by atoms with Gasteiger partial charge in [-0.2, -0.15) is 0 Å². The maximum Gasteiger partial charge on any atom is 0.261 e. The highest BCUT2D eigenvalue weighted by molar-refractivity contribution is 8.13. The van der Waals surface area contributed by atoms with Gasteiger partial charge in [0.25, 0.3) is 15.0 Å². The first-order valence-corrected chi connectivity index (χ1v) is 8.43. The van der Waals surface area contributed by atoms with Gasteiger partial charge in [-0.05, 0) is 30.5 Å². The van der Waals surface area contributed by atoms with Crippen LogP contribution in [-0.4, -0.2) is 32.8 Å². The molecule has 0 fully saturated rings. The van der Waals surface area contributed by atoms with Gasteiger partial charge < -0.3 is 4.90 Å². The molecular weight excluding hydrogens is 305 g/mol. The van der Waals surface area contributed by atoms with E-state index >= 15 is 0 Å². The molecule has 1 aromatic carbocycles. The van der Waals surface area contributed by atoms with Crippen molar-refractivity contribution in [2.45, 2.75) is 25.2 Å². The SMILES string of the molecule is CC(C)CCN(C)C(=O)c1cc(F)cc(S(=O)(=O)Cl)c1. The van der Waals surface area contributed by atoms with E-state index < -0.39 is 25.7 Å². The summed E-state index contributed by atoms with van der Waals surface area (Å²) in [5, 5.41) is 0. The van der Waals surface area contributed by atoms with E-state index in [0.29, 0.717) is 12.5 Å². The summed E-state index contributed by atoms with van der Waals surface area (Å²) in [5.41, 5.74) is -0.0320. The molecule has 1 amide bonds. The van der Waals surface area contributed by atoms with Crippen LogP contribution in [-0.2, 0) is 9.05 Å². The van der Waals surface area contributed by atoms with Crippen molar-refractivity contribution in [1.29, 1.82) is 0 Å². The Morgan fingerprint density at radius 3 is 2.45 bits per heavy atom. The fraction of sp³-hybridized carbons (Fsp3) is 0.462. The molecule has 4 nitrogen and oxygen atoms in total. The molecule has 1 rings (SSSR count).